The smallest absolute Gasteiger partial charge is 0.227 e. The Morgan fingerprint density at radius 1 is 1.17 bits per heavy atom. The minimum Gasteiger partial charge on any atom is -0.493 e. The van der Waals surface area contributed by atoms with Crippen molar-refractivity contribution in [1.29, 1.82) is 0 Å². The summed E-state index contributed by atoms with van der Waals surface area (Å²) in [6.45, 7) is 1.01. The van der Waals surface area contributed by atoms with Crippen molar-refractivity contribution in [3.05, 3.63) is 18.2 Å². The summed E-state index contributed by atoms with van der Waals surface area (Å²) in [6, 6.07) is 4.94. The second kappa shape index (κ2) is 8.58. The molecule has 0 radical (unpaired) electrons. The van der Waals surface area contributed by atoms with Crippen LogP contribution in [0.25, 0.3) is 0 Å². The summed E-state index contributed by atoms with van der Waals surface area (Å²) in [5, 5.41) is 2.93. The molecule has 0 aliphatic carbocycles. The summed E-state index contributed by atoms with van der Waals surface area (Å²) in [6.07, 6.45) is 2.70. The molecule has 1 aromatic carbocycles. The fourth-order valence-corrected chi connectivity index (χ4v) is 4.72. The van der Waals surface area contributed by atoms with Crippen LogP contribution in [0.5, 0.6) is 11.5 Å². The summed E-state index contributed by atoms with van der Waals surface area (Å²) < 4.78 is 35.4. The molecule has 2 aliphatic heterocycles. The van der Waals surface area contributed by atoms with Crippen molar-refractivity contribution in [3.63, 3.8) is 0 Å². The highest BCUT2D eigenvalue weighted by Gasteiger charge is 2.37. The number of nitrogens with one attached hydrogen (secondary N) is 1. The Balaban J connectivity index is 1.65. The Morgan fingerprint density at radius 3 is 2.55 bits per heavy atom. The predicted molar refractivity (Wildman–Crippen MR) is 108 cm³/mol. The zero-order valence-corrected chi connectivity index (χ0v) is 17.7. The number of anilines is 1. The van der Waals surface area contributed by atoms with Gasteiger partial charge >= 0.3 is 0 Å². The molecule has 1 N–H and O–H groups in total. The lowest BCUT2D eigenvalue weighted by molar-refractivity contribution is -0.127. The van der Waals surface area contributed by atoms with Crippen molar-refractivity contribution in [2.75, 3.05) is 45.0 Å². The van der Waals surface area contributed by atoms with E-state index in [1.54, 1.807) is 23.1 Å². The van der Waals surface area contributed by atoms with Crippen LogP contribution in [-0.4, -0.2) is 70.7 Å². The first-order valence-corrected chi connectivity index (χ1v) is 11.4. The van der Waals surface area contributed by atoms with E-state index in [1.165, 1.54) is 24.8 Å². The van der Waals surface area contributed by atoms with Gasteiger partial charge in [0.2, 0.25) is 21.8 Å². The average molecular weight is 426 g/mol. The van der Waals surface area contributed by atoms with Gasteiger partial charge < -0.3 is 19.7 Å². The Labute approximate surface area is 171 Å². The number of carbonyl (C=O) groups is 2. The van der Waals surface area contributed by atoms with Gasteiger partial charge in [0.15, 0.2) is 11.5 Å². The molecule has 2 saturated heterocycles. The lowest BCUT2D eigenvalue weighted by Crippen LogP contribution is -2.50. The first-order chi connectivity index (χ1) is 13.7. The summed E-state index contributed by atoms with van der Waals surface area (Å²) >= 11 is 0. The van der Waals surface area contributed by atoms with Gasteiger partial charge in [0.1, 0.15) is 0 Å². The molecule has 3 rings (SSSR count). The van der Waals surface area contributed by atoms with Crippen LogP contribution in [0, 0.1) is 5.92 Å². The van der Waals surface area contributed by atoms with Crippen LogP contribution >= 0.6 is 0 Å². The fourth-order valence-electron chi connectivity index (χ4n) is 3.81. The van der Waals surface area contributed by atoms with E-state index in [0.29, 0.717) is 30.2 Å². The maximum absolute atomic E-state index is 12.7. The third-order valence-electron chi connectivity index (χ3n) is 5.37. The summed E-state index contributed by atoms with van der Waals surface area (Å²) in [4.78, 5) is 26.8. The molecular formula is C19H27N3O6S. The van der Waals surface area contributed by atoms with E-state index in [1.807, 2.05) is 0 Å². The largest absolute Gasteiger partial charge is 0.493 e. The number of rotatable bonds is 6. The van der Waals surface area contributed by atoms with Gasteiger partial charge in [-0.3, -0.25) is 9.59 Å². The Morgan fingerprint density at radius 2 is 1.90 bits per heavy atom. The number of hydrogen-bond donors (Lipinski definition) is 1. The van der Waals surface area contributed by atoms with Gasteiger partial charge in [-0.05, 0) is 25.0 Å². The first kappa shape index (κ1) is 21.4. The van der Waals surface area contributed by atoms with Crippen molar-refractivity contribution in [2.45, 2.75) is 25.3 Å². The van der Waals surface area contributed by atoms with Gasteiger partial charge in [0.25, 0.3) is 0 Å². The van der Waals surface area contributed by atoms with E-state index in [9.17, 15) is 18.0 Å². The standard InChI is InChI=1S/C19H27N3O6S/c1-27-16-7-6-15(10-17(16)28-2)22-11-13(9-18(22)23)19(24)20-14-5-4-8-21(12-14)29(3,25)26/h6-7,10,13-14H,4-5,8-9,11-12H2,1-3H3,(H,20,24). The number of nitrogens with zero attached hydrogens (tertiary/aromatic N) is 2. The van der Waals surface area contributed by atoms with Crippen LogP contribution in [0.15, 0.2) is 18.2 Å². The first-order valence-electron chi connectivity index (χ1n) is 9.50. The van der Waals surface area contributed by atoms with Crippen LogP contribution in [0.3, 0.4) is 0 Å². The molecule has 2 atom stereocenters. The number of carbonyl (C=O) groups excluding carboxylic acids is 2. The Bertz CT molecular complexity index is 888. The number of benzene rings is 1. The highest BCUT2D eigenvalue weighted by Crippen LogP contribution is 2.34. The van der Waals surface area contributed by atoms with E-state index in [2.05, 4.69) is 5.32 Å². The predicted octanol–water partition coefficient (Wildman–Crippen LogP) is 0.597. The number of methoxy groups -OCH3 is 2. The molecule has 2 amide bonds. The van der Waals surface area contributed by atoms with Crippen LogP contribution in [0.2, 0.25) is 0 Å². The van der Waals surface area contributed by atoms with Crippen LogP contribution < -0.4 is 19.7 Å². The molecule has 2 aliphatic rings. The molecule has 160 valence electrons. The van der Waals surface area contributed by atoms with E-state index in [4.69, 9.17) is 9.47 Å². The van der Waals surface area contributed by atoms with Gasteiger partial charge in [-0.2, -0.15) is 0 Å². The minimum atomic E-state index is -3.28. The number of ether oxygens (including phenoxy) is 2. The topological polar surface area (TPSA) is 105 Å². The number of piperidine rings is 1. The van der Waals surface area contributed by atoms with Crippen molar-refractivity contribution >= 4 is 27.5 Å². The SMILES string of the molecule is COc1ccc(N2CC(C(=O)NC3CCCN(S(C)(=O)=O)C3)CC2=O)cc1OC. The molecule has 2 unspecified atom stereocenters. The minimum absolute atomic E-state index is 0.114. The molecule has 9 nitrogen and oxygen atoms in total. The fraction of sp³-hybridized carbons (Fsp3) is 0.579. The van der Waals surface area contributed by atoms with E-state index in [0.717, 1.165) is 6.42 Å². The summed E-state index contributed by atoms with van der Waals surface area (Å²) in [5.41, 5.74) is 0.642. The maximum atomic E-state index is 12.7. The molecule has 10 heteroatoms. The average Bonchev–Trinajstić information content (AvgIpc) is 3.09. The molecular weight excluding hydrogens is 398 g/mol. The second-order valence-electron chi connectivity index (χ2n) is 7.41. The molecule has 0 bridgehead atoms. The maximum Gasteiger partial charge on any atom is 0.227 e. The van der Waals surface area contributed by atoms with Crippen LogP contribution in [0.1, 0.15) is 19.3 Å². The van der Waals surface area contributed by atoms with Gasteiger partial charge in [-0.15, -0.1) is 0 Å². The number of amides is 2. The highest BCUT2D eigenvalue weighted by atomic mass is 32.2. The van der Waals surface area contributed by atoms with E-state index in [-0.39, 0.29) is 37.4 Å². The third-order valence-corrected chi connectivity index (χ3v) is 6.64. The van der Waals surface area contributed by atoms with Gasteiger partial charge in [0.05, 0.1) is 26.4 Å². The molecule has 0 aromatic heterocycles. The van der Waals surface area contributed by atoms with Crippen molar-refractivity contribution in [1.82, 2.24) is 9.62 Å². The van der Waals surface area contributed by atoms with Gasteiger partial charge in [-0.1, -0.05) is 0 Å². The molecule has 29 heavy (non-hydrogen) atoms. The van der Waals surface area contributed by atoms with E-state index < -0.39 is 15.9 Å². The summed E-state index contributed by atoms with van der Waals surface area (Å²) in [7, 11) is -0.224. The van der Waals surface area contributed by atoms with E-state index >= 15 is 0 Å². The Kier molecular flexibility index (Phi) is 6.33. The van der Waals surface area contributed by atoms with Crippen molar-refractivity contribution in [3.8, 4) is 11.5 Å². The quantitative estimate of drug-likeness (QED) is 0.716. The van der Waals surface area contributed by atoms with Crippen molar-refractivity contribution < 1.29 is 27.5 Å². The van der Waals surface area contributed by atoms with Crippen molar-refractivity contribution in [2.24, 2.45) is 5.92 Å². The third kappa shape index (κ3) is 4.81. The molecule has 0 spiro atoms. The van der Waals surface area contributed by atoms with Gasteiger partial charge in [-0.25, -0.2) is 12.7 Å². The lowest BCUT2D eigenvalue weighted by Gasteiger charge is -2.31. The lowest BCUT2D eigenvalue weighted by atomic mass is 10.0. The molecule has 2 heterocycles. The Hall–Kier alpha value is -2.33. The zero-order valence-electron chi connectivity index (χ0n) is 16.9. The van der Waals surface area contributed by atoms with Crippen LogP contribution in [0.4, 0.5) is 5.69 Å². The zero-order chi connectivity index (χ0) is 21.2. The van der Waals surface area contributed by atoms with Crippen LogP contribution in [-0.2, 0) is 19.6 Å². The number of hydrogen-bond acceptors (Lipinski definition) is 6. The molecule has 0 saturated carbocycles. The summed E-state index contributed by atoms with van der Waals surface area (Å²) in [5.74, 6) is 0.225. The molecule has 2 fully saturated rings. The number of sulfonamides is 1. The van der Waals surface area contributed by atoms with Gasteiger partial charge in [0, 0.05) is 43.9 Å². The normalized spacial score (nSPS) is 23.1. The highest BCUT2D eigenvalue weighted by molar-refractivity contribution is 7.88. The molecule has 1 aromatic rings. The second-order valence-corrected chi connectivity index (χ2v) is 9.40. The monoisotopic (exact) mass is 425 g/mol.